The van der Waals surface area contributed by atoms with Crippen molar-refractivity contribution in [3.63, 3.8) is 0 Å². The first-order valence-corrected chi connectivity index (χ1v) is 5.46. The minimum absolute atomic E-state index is 0.112. The molecule has 0 amide bonds. The SMILES string of the molecule is CN(C)CC(N)c1cscc1Br. The van der Waals surface area contributed by atoms with E-state index in [4.69, 9.17) is 5.73 Å². The fraction of sp³-hybridized carbons (Fsp3) is 0.500. The van der Waals surface area contributed by atoms with Gasteiger partial charge < -0.3 is 10.6 Å². The Labute approximate surface area is 85.5 Å². The molecule has 12 heavy (non-hydrogen) atoms. The summed E-state index contributed by atoms with van der Waals surface area (Å²) >= 11 is 5.14. The topological polar surface area (TPSA) is 29.3 Å². The molecular weight excluding hydrogens is 236 g/mol. The molecule has 1 unspecified atom stereocenters. The number of hydrogen-bond acceptors (Lipinski definition) is 3. The van der Waals surface area contributed by atoms with Gasteiger partial charge in [-0.05, 0) is 41.0 Å². The van der Waals surface area contributed by atoms with Gasteiger partial charge in [0.25, 0.3) is 0 Å². The maximum atomic E-state index is 5.98. The molecule has 2 N–H and O–H groups in total. The summed E-state index contributed by atoms with van der Waals surface area (Å²) in [6.45, 7) is 0.884. The van der Waals surface area contributed by atoms with Crippen molar-refractivity contribution in [2.75, 3.05) is 20.6 Å². The second-order valence-corrected chi connectivity index (χ2v) is 4.64. The highest BCUT2D eigenvalue weighted by atomic mass is 79.9. The molecule has 0 saturated carbocycles. The lowest BCUT2D eigenvalue weighted by Crippen LogP contribution is -2.25. The number of rotatable bonds is 3. The molecule has 4 heteroatoms. The van der Waals surface area contributed by atoms with Crippen molar-refractivity contribution < 1.29 is 0 Å². The average Bonchev–Trinajstić information content (AvgIpc) is 2.33. The Bertz CT molecular complexity index is 247. The molecule has 0 radical (unpaired) electrons. The monoisotopic (exact) mass is 248 g/mol. The summed E-state index contributed by atoms with van der Waals surface area (Å²) in [4.78, 5) is 2.09. The fourth-order valence-electron chi connectivity index (χ4n) is 1.05. The second-order valence-electron chi connectivity index (χ2n) is 3.04. The van der Waals surface area contributed by atoms with E-state index in [0.29, 0.717) is 0 Å². The van der Waals surface area contributed by atoms with E-state index in [2.05, 4.69) is 31.6 Å². The van der Waals surface area contributed by atoms with Gasteiger partial charge in [-0.1, -0.05) is 0 Å². The maximum absolute atomic E-state index is 5.98. The van der Waals surface area contributed by atoms with Crippen molar-refractivity contribution in [1.29, 1.82) is 0 Å². The highest BCUT2D eigenvalue weighted by Crippen LogP contribution is 2.26. The van der Waals surface area contributed by atoms with E-state index in [1.54, 1.807) is 11.3 Å². The lowest BCUT2D eigenvalue weighted by atomic mass is 10.1. The maximum Gasteiger partial charge on any atom is 0.0443 e. The molecule has 0 aliphatic heterocycles. The largest absolute Gasteiger partial charge is 0.323 e. The van der Waals surface area contributed by atoms with Gasteiger partial charge in [-0.15, -0.1) is 0 Å². The first kappa shape index (κ1) is 10.2. The zero-order chi connectivity index (χ0) is 9.14. The molecular formula is C8H13BrN2S. The molecule has 0 aliphatic carbocycles. The number of nitrogens with zero attached hydrogens (tertiary/aromatic N) is 1. The minimum atomic E-state index is 0.112. The Balaban J connectivity index is 2.65. The van der Waals surface area contributed by atoms with E-state index in [1.165, 1.54) is 5.56 Å². The van der Waals surface area contributed by atoms with Crippen LogP contribution < -0.4 is 5.73 Å². The van der Waals surface area contributed by atoms with Crippen molar-refractivity contribution in [3.05, 3.63) is 20.8 Å². The molecule has 1 aromatic heterocycles. The van der Waals surface area contributed by atoms with E-state index >= 15 is 0 Å². The third-order valence-corrected chi connectivity index (χ3v) is 3.36. The Hall–Kier alpha value is 0.100. The zero-order valence-corrected chi connectivity index (χ0v) is 9.65. The quantitative estimate of drug-likeness (QED) is 0.888. The molecule has 1 rings (SSSR count). The fourth-order valence-corrected chi connectivity index (χ4v) is 2.70. The number of thiophene rings is 1. The van der Waals surface area contributed by atoms with Gasteiger partial charge in [0.15, 0.2) is 0 Å². The van der Waals surface area contributed by atoms with E-state index < -0.39 is 0 Å². The van der Waals surface area contributed by atoms with Crippen molar-refractivity contribution in [2.24, 2.45) is 5.73 Å². The first-order valence-electron chi connectivity index (χ1n) is 3.73. The molecule has 0 aliphatic rings. The van der Waals surface area contributed by atoms with E-state index in [0.717, 1.165) is 11.0 Å². The summed E-state index contributed by atoms with van der Waals surface area (Å²) in [7, 11) is 4.06. The summed E-state index contributed by atoms with van der Waals surface area (Å²) in [6, 6.07) is 0.112. The number of hydrogen-bond donors (Lipinski definition) is 1. The Kier molecular flexibility index (Phi) is 3.71. The molecule has 0 aromatic carbocycles. The van der Waals surface area contributed by atoms with Gasteiger partial charge in [-0.3, -0.25) is 0 Å². The van der Waals surface area contributed by atoms with Crippen molar-refractivity contribution in [1.82, 2.24) is 4.90 Å². The smallest absolute Gasteiger partial charge is 0.0443 e. The number of nitrogens with two attached hydrogens (primary N) is 1. The predicted octanol–water partition coefficient (Wildman–Crippen LogP) is 2.07. The molecule has 2 nitrogen and oxygen atoms in total. The third kappa shape index (κ3) is 2.55. The summed E-state index contributed by atoms with van der Waals surface area (Å²) in [5.74, 6) is 0. The molecule has 0 bridgehead atoms. The lowest BCUT2D eigenvalue weighted by Gasteiger charge is -2.16. The van der Waals surface area contributed by atoms with Gasteiger partial charge in [0.1, 0.15) is 0 Å². The summed E-state index contributed by atoms with van der Waals surface area (Å²) < 4.78 is 1.13. The summed E-state index contributed by atoms with van der Waals surface area (Å²) in [6.07, 6.45) is 0. The van der Waals surface area contributed by atoms with E-state index in [1.807, 2.05) is 14.1 Å². The van der Waals surface area contributed by atoms with Crippen LogP contribution in [0.4, 0.5) is 0 Å². The lowest BCUT2D eigenvalue weighted by molar-refractivity contribution is 0.376. The molecule has 0 saturated heterocycles. The first-order chi connectivity index (χ1) is 5.61. The van der Waals surface area contributed by atoms with Crippen LogP contribution in [0, 0.1) is 0 Å². The highest BCUT2D eigenvalue weighted by Gasteiger charge is 2.10. The van der Waals surface area contributed by atoms with Gasteiger partial charge in [0, 0.05) is 22.4 Å². The van der Waals surface area contributed by atoms with Crippen LogP contribution in [-0.2, 0) is 0 Å². The van der Waals surface area contributed by atoms with Crippen LogP contribution in [0.1, 0.15) is 11.6 Å². The van der Waals surface area contributed by atoms with Crippen LogP contribution >= 0.6 is 27.3 Å². The predicted molar refractivity (Wildman–Crippen MR) is 57.5 cm³/mol. The van der Waals surface area contributed by atoms with Gasteiger partial charge in [-0.2, -0.15) is 11.3 Å². The minimum Gasteiger partial charge on any atom is -0.323 e. The van der Waals surface area contributed by atoms with Crippen LogP contribution in [0.25, 0.3) is 0 Å². The van der Waals surface area contributed by atoms with Gasteiger partial charge in [-0.25, -0.2) is 0 Å². The van der Waals surface area contributed by atoms with Crippen molar-refractivity contribution in [3.8, 4) is 0 Å². The Morgan fingerprint density at radius 2 is 2.25 bits per heavy atom. The second kappa shape index (κ2) is 4.37. The molecule has 1 heterocycles. The molecule has 0 spiro atoms. The van der Waals surface area contributed by atoms with Crippen LogP contribution in [-0.4, -0.2) is 25.5 Å². The molecule has 1 atom stereocenters. The van der Waals surface area contributed by atoms with Gasteiger partial charge in [0.05, 0.1) is 0 Å². The highest BCUT2D eigenvalue weighted by molar-refractivity contribution is 9.10. The van der Waals surface area contributed by atoms with Crippen molar-refractivity contribution >= 4 is 27.3 Å². The summed E-state index contributed by atoms with van der Waals surface area (Å²) in [5, 5.41) is 4.16. The number of likely N-dealkylation sites (N-methyl/N-ethyl adjacent to an activating group) is 1. The Morgan fingerprint density at radius 3 is 2.67 bits per heavy atom. The summed E-state index contributed by atoms with van der Waals surface area (Å²) in [5.41, 5.74) is 7.18. The third-order valence-electron chi connectivity index (χ3n) is 1.60. The van der Waals surface area contributed by atoms with Crippen LogP contribution in [0.2, 0.25) is 0 Å². The molecule has 0 fully saturated rings. The zero-order valence-electron chi connectivity index (χ0n) is 7.25. The Morgan fingerprint density at radius 1 is 1.58 bits per heavy atom. The standard InChI is InChI=1S/C8H13BrN2S/c1-11(2)3-8(10)6-4-12-5-7(6)9/h4-5,8H,3,10H2,1-2H3. The van der Waals surface area contributed by atoms with Gasteiger partial charge in [0.2, 0.25) is 0 Å². The number of halogens is 1. The van der Waals surface area contributed by atoms with Crippen LogP contribution in [0.15, 0.2) is 15.2 Å². The van der Waals surface area contributed by atoms with Gasteiger partial charge >= 0.3 is 0 Å². The molecule has 68 valence electrons. The van der Waals surface area contributed by atoms with E-state index in [-0.39, 0.29) is 6.04 Å². The average molecular weight is 249 g/mol. The normalized spacial score (nSPS) is 13.8. The van der Waals surface area contributed by atoms with Crippen LogP contribution in [0.3, 0.4) is 0 Å². The van der Waals surface area contributed by atoms with Crippen LogP contribution in [0.5, 0.6) is 0 Å². The van der Waals surface area contributed by atoms with Crippen molar-refractivity contribution in [2.45, 2.75) is 6.04 Å². The molecule has 1 aromatic rings. The van der Waals surface area contributed by atoms with E-state index in [9.17, 15) is 0 Å².